The molecule has 1 aliphatic heterocycles. The van der Waals surface area contributed by atoms with E-state index in [1.54, 1.807) is 17.0 Å². The van der Waals surface area contributed by atoms with Crippen molar-refractivity contribution in [1.29, 1.82) is 0 Å². The number of hydrogen-bond donors (Lipinski definition) is 0. The number of rotatable bonds is 5. The Bertz CT molecular complexity index is 893. The molecule has 0 unspecified atom stereocenters. The SMILES string of the molecule is CCCC(=O)c1ccc(N2CCN(C(=O)c3cccc(F)c3F)CC2)c(F)c1. The summed E-state index contributed by atoms with van der Waals surface area (Å²) in [5.41, 5.74) is 0.397. The van der Waals surface area contributed by atoms with Crippen LogP contribution >= 0.6 is 0 Å². The Kier molecular flexibility index (Phi) is 6.02. The van der Waals surface area contributed by atoms with Gasteiger partial charge in [-0.05, 0) is 36.8 Å². The fourth-order valence-corrected chi connectivity index (χ4v) is 3.30. The summed E-state index contributed by atoms with van der Waals surface area (Å²) in [7, 11) is 0. The second kappa shape index (κ2) is 8.46. The lowest BCUT2D eigenvalue weighted by atomic mass is 10.1. The molecule has 0 spiro atoms. The Labute approximate surface area is 161 Å². The standard InChI is InChI=1S/C21H21F3N2O2/c1-2-4-19(27)14-7-8-18(17(23)13-14)25-9-11-26(12-10-25)21(28)15-5-3-6-16(22)20(15)24/h3,5-8,13H,2,4,9-12H2,1H3. The van der Waals surface area contributed by atoms with E-state index in [1.165, 1.54) is 23.1 Å². The minimum atomic E-state index is -1.16. The van der Waals surface area contributed by atoms with Crippen LogP contribution < -0.4 is 4.90 Å². The number of anilines is 1. The highest BCUT2D eigenvalue weighted by Crippen LogP contribution is 2.24. The van der Waals surface area contributed by atoms with Gasteiger partial charge < -0.3 is 9.80 Å². The van der Waals surface area contributed by atoms with E-state index in [-0.39, 0.29) is 24.4 Å². The van der Waals surface area contributed by atoms with E-state index >= 15 is 0 Å². The molecule has 2 aromatic rings. The van der Waals surface area contributed by atoms with E-state index in [1.807, 2.05) is 6.92 Å². The highest BCUT2D eigenvalue weighted by Gasteiger charge is 2.26. The van der Waals surface area contributed by atoms with Crippen LogP contribution in [0.15, 0.2) is 36.4 Å². The van der Waals surface area contributed by atoms with Crippen LogP contribution in [0.3, 0.4) is 0 Å². The van der Waals surface area contributed by atoms with Crippen LogP contribution in [0.1, 0.15) is 40.5 Å². The van der Waals surface area contributed by atoms with Crippen molar-refractivity contribution in [3.05, 3.63) is 65.0 Å². The normalized spacial score (nSPS) is 14.3. The van der Waals surface area contributed by atoms with Crippen molar-refractivity contribution in [3.8, 4) is 0 Å². The average Bonchev–Trinajstić information content (AvgIpc) is 2.70. The predicted octanol–water partition coefficient (Wildman–Crippen LogP) is 4.05. The quantitative estimate of drug-likeness (QED) is 0.724. The lowest BCUT2D eigenvalue weighted by Gasteiger charge is -2.36. The van der Waals surface area contributed by atoms with Crippen LogP contribution in [0.4, 0.5) is 18.9 Å². The zero-order valence-corrected chi connectivity index (χ0v) is 15.6. The van der Waals surface area contributed by atoms with Crippen molar-refractivity contribution in [2.45, 2.75) is 19.8 Å². The smallest absolute Gasteiger partial charge is 0.257 e. The van der Waals surface area contributed by atoms with Crippen LogP contribution in [0, 0.1) is 17.5 Å². The maximum atomic E-state index is 14.5. The fraction of sp³-hybridized carbons (Fsp3) is 0.333. The Morgan fingerprint density at radius 1 is 0.964 bits per heavy atom. The molecule has 0 N–H and O–H groups in total. The first kappa shape index (κ1) is 19.9. The minimum absolute atomic E-state index is 0.0968. The van der Waals surface area contributed by atoms with E-state index in [9.17, 15) is 22.8 Å². The second-order valence-electron chi connectivity index (χ2n) is 6.72. The number of benzene rings is 2. The zero-order chi connectivity index (χ0) is 20.3. The number of nitrogens with zero attached hydrogens (tertiary/aromatic N) is 2. The number of Topliss-reactive ketones (excluding diaryl/α,β-unsaturated/α-hetero) is 1. The van der Waals surface area contributed by atoms with Gasteiger partial charge in [0, 0.05) is 38.2 Å². The molecule has 0 atom stereocenters. The molecule has 0 saturated carbocycles. The topological polar surface area (TPSA) is 40.6 Å². The third-order valence-corrected chi connectivity index (χ3v) is 4.84. The Morgan fingerprint density at radius 3 is 2.32 bits per heavy atom. The van der Waals surface area contributed by atoms with Crippen molar-refractivity contribution in [3.63, 3.8) is 0 Å². The third-order valence-electron chi connectivity index (χ3n) is 4.84. The average molecular weight is 390 g/mol. The minimum Gasteiger partial charge on any atom is -0.366 e. The molecular weight excluding hydrogens is 369 g/mol. The Balaban J connectivity index is 1.68. The highest BCUT2D eigenvalue weighted by molar-refractivity contribution is 5.96. The van der Waals surface area contributed by atoms with Gasteiger partial charge >= 0.3 is 0 Å². The number of ketones is 1. The first-order valence-corrected chi connectivity index (χ1v) is 9.23. The van der Waals surface area contributed by atoms with Crippen molar-refractivity contribution in [2.75, 3.05) is 31.1 Å². The molecule has 1 saturated heterocycles. The predicted molar refractivity (Wildman–Crippen MR) is 100 cm³/mol. The first-order chi connectivity index (χ1) is 13.4. The van der Waals surface area contributed by atoms with Crippen LogP contribution in [-0.2, 0) is 0 Å². The van der Waals surface area contributed by atoms with Crippen LogP contribution in [-0.4, -0.2) is 42.8 Å². The maximum absolute atomic E-state index is 14.5. The number of piperazine rings is 1. The van der Waals surface area contributed by atoms with E-state index in [0.717, 1.165) is 6.07 Å². The number of carbonyl (C=O) groups is 2. The summed E-state index contributed by atoms with van der Waals surface area (Å²) in [4.78, 5) is 27.6. The van der Waals surface area contributed by atoms with E-state index < -0.39 is 23.4 Å². The summed E-state index contributed by atoms with van der Waals surface area (Å²) in [6.45, 7) is 3.10. The fourth-order valence-electron chi connectivity index (χ4n) is 3.30. The number of hydrogen-bond acceptors (Lipinski definition) is 3. The second-order valence-corrected chi connectivity index (χ2v) is 6.72. The van der Waals surface area contributed by atoms with Gasteiger partial charge in [-0.3, -0.25) is 9.59 Å². The molecule has 0 radical (unpaired) electrons. The molecule has 0 aliphatic carbocycles. The largest absolute Gasteiger partial charge is 0.366 e. The van der Waals surface area contributed by atoms with Crippen molar-refractivity contribution in [2.24, 2.45) is 0 Å². The number of halogens is 3. The molecule has 148 valence electrons. The zero-order valence-electron chi connectivity index (χ0n) is 15.6. The molecule has 1 heterocycles. The van der Waals surface area contributed by atoms with Crippen molar-refractivity contribution < 1.29 is 22.8 Å². The molecule has 2 aromatic carbocycles. The van der Waals surface area contributed by atoms with Gasteiger partial charge in [0.15, 0.2) is 17.4 Å². The summed E-state index contributed by atoms with van der Waals surface area (Å²) >= 11 is 0. The summed E-state index contributed by atoms with van der Waals surface area (Å²) in [6.07, 6.45) is 1.07. The van der Waals surface area contributed by atoms with Gasteiger partial charge in [-0.1, -0.05) is 13.0 Å². The Hall–Kier alpha value is -2.83. The summed E-state index contributed by atoms with van der Waals surface area (Å²) in [6, 6.07) is 7.92. The molecule has 1 fully saturated rings. The van der Waals surface area contributed by atoms with Gasteiger partial charge in [0.1, 0.15) is 5.82 Å². The molecule has 0 bridgehead atoms. The third kappa shape index (κ3) is 4.03. The van der Waals surface area contributed by atoms with Crippen LogP contribution in [0.25, 0.3) is 0 Å². The van der Waals surface area contributed by atoms with Gasteiger partial charge in [0.25, 0.3) is 5.91 Å². The van der Waals surface area contributed by atoms with Crippen molar-refractivity contribution in [1.82, 2.24) is 4.90 Å². The lowest BCUT2D eigenvalue weighted by molar-refractivity contribution is 0.0740. The molecule has 7 heteroatoms. The van der Waals surface area contributed by atoms with Crippen LogP contribution in [0.5, 0.6) is 0 Å². The van der Waals surface area contributed by atoms with Crippen LogP contribution in [0.2, 0.25) is 0 Å². The molecule has 0 aromatic heterocycles. The van der Waals surface area contributed by atoms with Gasteiger partial charge in [-0.25, -0.2) is 13.2 Å². The van der Waals surface area contributed by atoms with Gasteiger partial charge in [0.2, 0.25) is 0 Å². The molecule has 1 aliphatic rings. The van der Waals surface area contributed by atoms with E-state index in [4.69, 9.17) is 0 Å². The van der Waals surface area contributed by atoms with Gasteiger partial charge in [-0.2, -0.15) is 0 Å². The van der Waals surface area contributed by atoms with Gasteiger partial charge in [0.05, 0.1) is 11.3 Å². The summed E-state index contributed by atoms with van der Waals surface area (Å²) < 4.78 is 41.7. The summed E-state index contributed by atoms with van der Waals surface area (Å²) in [5, 5.41) is 0. The van der Waals surface area contributed by atoms with E-state index in [0.29, 0.717) is 37.2 Å². The monoisotopic (exact) mass is 390 g/mol. The molecule has 4 nitrogen and oxygen atoms in total. The highest BCUT2D eigenvalue weighted by atomic mass is 19.2. The maximum Gasteiger partial charge on any atom is 0.257 e. The van der Waals surface area contributed by atoms with Gasteiger partial charge in [-0.15, -0.1) is 0 Å². The molecule has 28 heavy (non-hydrogen) atoms. The first-order valence-electron chi connectivity index (χ1n) is 9.23. The van der Waals surface area contributed by atoms with E-state index in [2.05, 4.69) is 0 Å². The molecule has 1 amide bonds. The summed E-state index contributed by atoms with van der Waals surface area (Å²) in [5.74, 6) is -3.39. The molecule has 3 rings (SSSR count). The Morgan fingerprint density at radius 2 is 1.68 bits per heavy atom. The lowest BCUT2D eigenvalue weighted by Crippen LogP contribution is -2.49. The number of carbonyl (C=O) groups excluding carboxylic acids is 2. The number of amides is 1. The molecular formula is C21H21F3N2O2. The van der Waals surface area contributed by atoms with Crippen molar-refractivity contribution >= 4 is 17.4 Å².